The zero-order valence-electron chi connectivity index (χ0n) is 10.2. The van der Waals surface area contributed by atoms with Crippen LogP contribution in [0.5, 0.6) is 0 Å². The molecule has 0 saturated carbocycles. The third kappa shape index (κ3) is 3.18. The fourth-order valence-corrected chi connectivity index (χ4v) is 3.07. The van der Waals surface area contributed by atoms with Gasteiger partial charge in [0.2, 0.25) is 0 Å². The summed E-state index contributed by atoms with van der Waals surface area (Å²) in [5.41, 5.74) is 0. The maximum Gasteiger partial charge on any atom is 0.00967 e. The maximum absolute atomic E-state index is 3.67. The number of rotatable bonds is 4. The van der Waals surface area contributed by atoms with Gasteiger partial charge in [-0.25, -0.2) is 0 Å². The van der Waals surface area contributed by atoms with Crippen molar-refractivity contribution in [2.45, 2.75) is 51.5 Å². The minimum atomic E-state index is 0.860. The number of nitrogens with one attached hydrogen (secondary N) is 1. The van der Waals surface area contributed by atoms with E-state index in [1.807, 2.05) is 0 Å². The molecular formula is C13H26N2. The van der Waals surface area contributed by atoms with Crippen molar-refractivity contribution in [3.8, 4) is 0 Å². The van der Waals surface area contributed by atoms with Crippen LogP contribution in [0.4, 0.5) is 0 Å². The molecular weight excluding hydrogens is 184 g/mol. The molecule has 1 N–H and O–H groups in total. The van der Waals surface area contributed by atoms with Crippen LogP contribution in [0.15, 0.2) is 0 Å². The van der Waals surface area contributed by atoms with Crippen LogP contribution in [0.1, 0.15) is 45.4 Å². The molecule has 0 aromatic rings. The highest BCUT2D eigenvalue weighted by Gasteiger charge is 2.27. The Kier molecular flexibility index (Phi) is 4.45. The number of hydrogen-bond acceptors (Lipinski definition) is 2. The zero-order valence-corrected chi connectivity index (χ0v) is 10.2. The predicted octanol–water partition coefficient (Wildman–Crippen LogP) is 2.25. The van der Waals surface area contributed by atoms with E-state index in [9.17, 15) is 0 Å². The van der Waals surface area contributed by atoms with Crippen LogP contribution in [0, 0.1) is 5.92 Å². The average molecular weight is 210 g/mol. The summed E-state index contributed by atoms with van der Waals surface area (Å²) in [4.78, 5) is 2.66. The molecule has 2 fully saturated rings. The molecule has 0 aliphatic carbocycles. The first-order chi connectivity index (χ1) is 7.40. The molecule has 88 valence electrons. The molecule has 2 aliphatic heterocycles. The van der Waals surface area contributed by atoms with E-state index in [2.05, 4.69) is 17.1 Å². The largest absolute Gasteiger partial charge is 0.314 e. The molecule has 0 spiro atoms. The molecule has 15 heavy (non-hydrogen) atoms. The minimum absolute atomic E-state index is 0.860. The monoisotopic (exact) mass is 210 g/mol. The molecule has 0 aromatic heterocycles. The number of hydrogen-bond donors (Lipinski definition) is 1. The lowest BCUT2D eigenvalue weighted by Crippen LogP contribution is -2.41. The van der Waals surface area contributed by atoms with Crippen LogP contribution in [0.25, 0.3) is 0 Å². The van der Waals surface area contributed by atoms with E-state index >= 15 is 0 Å². The lowest BCUT2D eigenvalue weighted by molar-refractivity contribution is 0.162. The fourth-order valence-electron chi connectivity index (χ4n) is 3.07. The smallest absolute Gasteiger partial charge is 0.00967 e. The Morgan fingerprint density at radius 1 is 1.20 bits per heavy atom. The second kappa shape index (κ2) is 5.86. The lowest BCUT2D eigenvalue weighted by atomic mass is 9.88. The van der Waals surface area contributed by atoms with E-state index in [0.29, 0.717) is 0 Å². The molecule has 2 heteroatoms. The number of likely N-dealkylation sites (tertiary alicyclic amines) is 1. The Morgan fingerprint density at radius 3 is 2.60 bits per heavy atom. The molecule has 2 rings (SSSR count). The first-order valence-electron chi connectivity index (χ1n) is 6.86. The third-order valence-corrected chi connectivity index (χ3v) is 4.13. The highest BCUT2D eigenvalue weighted by molar-refractivity contribution is 4.85. The van der Waals surface area contributed by atoms with E-state index in [0.717, 1.165) is 12.0 Å². The van der Waals surface area contributed by atoms with Gasteiger partial charge in [0.05, 0.1) is 0 Å². The number of piperidine rings is 1. The molecule has 1 atom stereocenters. The summed E-state index contributed by atoms with van der Waals surface area (Å²) in [7, 11) is 0. The highest BCUT2D eigenvalue weighted by atomic mass is 15.1. The van der Waals surface area contributed by atoms with Crippen molar-refractivity contribution in [1.29, 1.82) is 0 Å². The van der Waals surface area contributed by atoms with Gasteiger partial charge in [-0.1, -0.05) is 13.3 Å². The van der Waals surface area contributed by atoms with Gasteiger partial charge in [-0.2, -0.15) is 0 Å². The Labute approximate surface area is 94.4 Å². The molecule has 1 unspecified atom stereocenters. The Hall–Kier alpha value is -0.0800. The second-order valence-electron chi connectivity index (χ2n) is 5.24. The van der Waals surface area contributed by atoms with Crippen molar-refractivity contribution in [3.05, 3.63) is 0 Å². The van der Waals surface area contributed by atoms with E-state index in [-0.39, 0.29) is 0 Å². The van der Waals surface area contributed by atoms with Crippen molar-refractivity contribution >= 4 is 0 Å². The van der Waals surface area contributed by atoms with E-state index in [4.69, 9.17) is 0 Å². The summed E-state index contributed by atoms with van der Waals surface area (Å²) in [6, 6.07) is 0.860. The quantitative estimate of drug-likeness (QED) is 0.765. The summed E-state index contributed by atoms with van der Waals surface area (Å²) in [5, 5.41) is 3.67. The minimum Gasteiger partial charge on any atom is -0.314 e. The fraction of sp³-hybridized carbons (Fsp3) is 1.00. The van der Waals surface area contributed by atoms with Crippen molar-refractivity contribution in [2.75, 3.05) is 26.2 Å². The number of unbranched alkanes of at least 4 members (excludes halogenated alkanes) is 1. The third-order valence-electron chi connectivity index (χ3n) is 4.13. The van der Waals surface area contributed by atoms with Gasteiger partial charge in [-0.15, -0.1) is 0 Å². The van der Waals surface area contributed by atoms with Gasteiger partial charge < -0.3 is 10.2 Å². The van der Waals surface area contributed by atoms with Crippen LogP contribution in [-0.4, -0.2) is 37.1 Å². The molecule has 2 saturated heterocycles. The molecule has 0 amide bonds. The van der Waals surface area contributed by atoms with Crippen molar-refractivity contribution in [1.82, 2.24) is 10.2 Å². The average Bonchev–Trinajstić information content (AvgIpc) is 2.80. The SMILES string of the molecule is CCCCN1CCC(C2CCCN2)CC1. The summed E-state index contributed by atoms with van der Waals surface area (Å²) in [5.74, 6) is 0.977. The van der Waals surface area contributed by atoms with Gasteiger partial charge in [0.25, 0.3) is 0 Å². The Bertz CT molecular complexity index is 167. The topological polar surface area (TPSA) is 15.3 Å². The highest BCUT2D eigenvalue weighted by Crippen LogP contribution is 2.25. The van der Waals surface area contributed by atoms with Crippen LogP contribution >= 0.6 is 0 Å². The van der Waals surface area contributed by atoms with Gasteiger partial charge in [-0.05, 0) is 64.2 Å². The first kappa shape index (κ1) is 11.4. The van der Waals surface area contributed by atoms with Gasteiger partial charge in [0.1, 0.15) is 0 Å². The van der Waals surface area contributed by atoms with E-state index < -0.39 is 0 Å². The van der Waals surface area contributed by atoms with Gasteiger partial charge in [0.15, 0.2) is 0 Å². The predicted molar refractivity (Wildman–Crippen MR) is 65.1 cm³/mol. The molecule has 0 bridgehead atoms. The Balaban J connectivity index is 1.67. The lowest BCUT2D eigenvalue weighted by Gasteiger charge is -2.34. The molecule has 2 nitrogen and oxygen atoms in total. The van der Waals surface area contributed by atoms with Crippen molar-refractivity contribution in [3.63, 3.8) is 0 Å². The van der Waals surface area contributed by atoms with Gasteiger partial charge >= 0.3 is 0 Å². The van der Waals surface area contributed by atoms with Crippen LogP contribution < -0.4 is 5.32 Å². The molecule has 2 heterocycles. The standard InChI is InChI=1S/C13H26N2/c1-2-3-9-15-10-6-12(7-11-15)13-5-4-8-14-13/h12-14H,2-11H2,1H3. The Morgan fingerprint density at radius 2 is 2.00 bits per heavy atom. The zero-order chi connectivity index (χ0) is 10.5. The number of nitrogens with zero attached hydrogens (tertiary/aromatic N) is 1. The molecule has 0 radical (unpaired) electrons. The first-order valence-corrected chi connectivity index (χ1v) is 6.86. The van der Waals surface area contributed by atoms with Gasteiger partial charge in [0, 0.05) is 6.04 Å². The summed E-state index contributed by atoms with van der Waals surface area (Å²) < 4.78 is 0. The van der Waals surface area contributed by atoms with Crippen LogP contribution in [0.2, 0.25) is 0 Å². The second-order valence-corrected chi connectivity index (χ2v) is 5.24. The van der Waals surface area contributed by atoms with Crippen LogP contribution in [0.3, 0.4) is 0 Å². The van der Waals surface area contributed by atoms with Gasteiger partial charge in [-0.3, -0.25) is 0 Å². The normalized spacial score (nSPS) is 29.8. The molecule has 2 aliphatic rings. The van der Waals surface area contributed by atoms with E-state index in [1.54, 1.807) is 0 Å². The maximum atomic E-state index is 3.67. The summed E-state index contributed by atoms with van der Waals surface area (Å²) >= 11 is 0. The summed E-state index contributed by atoms with van der Waals surface area (Å²) in [6.07, 6.45) is 8.42. The van der Waals surface area contributed by atoms with Crippen molar-refractivity contribution < 1.29 is 0 Å². The van der Waals surface area contributed by atoms with Crippen LogP contribution in [-0.2, 0) is 0 Å². The van der Waals surface area contributed by atoms with E-state index in [1.165, 1.54) is 64.7 Å². The molecule has 0 aromatic carbocycles. The summed E-state index contributed by atoms with van der Waals surface area (Å²) in [6.45, 7) is 7.59. The van der Waals surface area contributed by atoms with Crippen molar-refractivity contribution in [2.24, 2.45) is 5.92 Å².